The van der Waals surface area contributed by atoms with Crippen molar-refractivity contribution in [2.75, 3.05) is 12.9 Å². The van der Waals surface area contributed by atoms with E-state index >= 15 is 0 Å². The summed E-state index contributed by atoms with van der Waals surface area (Å²) >= 11 is 8.12. The zero-order valence-electron chi connectivity index (χ0n) is 25.2. The van der Waals surface area contributed by atoms with Gasteiger partial charge in [0, 0.05) is 33.5 Å². The van der Waals surface area contributed by atoms with E-state index in [2.05, 4.69) is 54.6 Å². The molecule has 4 nitrogen and oxygen atoms in total. The van der Waals surface area contributed by atoms with Crippen LogP contribution in [-0.2, 0) is 28.0 Å². The Bertz CT molecular complexity index is 1610. The third-order valence-electron chi connectivity index (χ3n) is 8.28. The van der Waals surface area contributed by atoms with Gasteiger partial charge in [0.2, 0.25) is 0 Å². The summed E-state index contributed by atoms with van der Waals surface area (Å²) in [6, 6.07) is 26.9. The van der Waals surface area contributed by atoms with Gasteiger partial charge >= 0.3 is 5.97 Å². The lowest BCUT2D eigenvalue weighted by molar-refractivity contribution is -0.141. The predicted octanol–water partition coefficient (Wildman–Crippen LogP) is 9.12. The maximum absolute atomic E-state index is 12.1. The highest BCUT2D eigenvalue weighted by molar-refractivity contribution is 7.99. The lowest BCUT2D eigenvalue weighted by atomic mass is 9.90. The zero-order chi connectivity index (χ0) is 30.5. The minimum absolute atomic E-state index is 0.0512. The number of hydrogen-bond donors (Lipinski definition) is 1. The van der Waals surface area contributed by atoms with Crippen LogP contribution in [-0.4, -0.2) is 28.9 Å². The maximum Gasteiger partial charge on any atom is 0.306 e. The Labute approximate surface area is 264 Å². The number of fused-ring (bicyclic) bond motifs is 1. The van der Waals surface area contributed by atoms with Gasteiger partial charge in [-0.3, -0.25) is 9.78 Å². The van der Waals surface area contributed by atoms with Gasteiger partial charge in [0.15, 0.2) is 0 Å². The van der Waals surface area contributed by atoms with E-state index in [0.717, 1.165) is 65.6 Å². The van der Waals surface area contributed by atoms with Gasteiger partial charge in [-0.1, -0.05) is 84.4 Å². The van der Waals surface area contributed by atoms with E-state index in [0.29, 0.717) is 11.4 Å². The molecule has 5 rings (SSSR count). The first-order valence-electron chi connectivity index (χ1n) is 15.0. The van der Waals surface area contributed by atoms with E-state index < -0.39 is 5.60 Å². The Morgan fingerprint density at radius 2 is 1.88 bits per heavy atom. The van der Waals surface area contributed by atoms with Crippen molar-refractivity contribution in [3.8, 4) is 0 Å². The van der Waals surface area contributed by atoms with E-state index in [9.17, 15) is 9.90 Å². The predicted molar refractivity (Wildman–Crippen MR) is 179 cm³/mol. The van der Waals surface area contributed by atoms with Crippen LogP contribution >= 0.6 is 23.4 Å². The highest BCUT2D eigenvalue weighted by Gasteiger charge is 2.45. The number of halogens is 1. The number of esters is 1. The smallest absolute Gasteiger partial charge is 0.306 e. The normalized spacial score (nSPS) is 15.1. The Morgan fingerprint density at radius 1 is 1.09 bits per heavy atom. The first-order valence-corrected chi connectivity index (χ1v) is 16.4. The molecule has 1 aliphatic carbocycles. The molecule has 0 saturated heterocycles. The lowest BCUT2D eigenvalue weighted by Crippen LogP contribution is -2.18. The van der Waals surface area contributed by atoms with Crippen LogP contribution in [0.25, 0.3) is 17.0 Å². The fraction of sp³-hybridized carbons (Fsp3) is 0.351. The number of aliphatic hydroxyl groups is 1. The Hall–Kier alpha value is -3.12. The van der Waals surface area contributed by atoms with Gasteiger partial charge in [-0.15, -0.1) is 0 Å². The van der Waals surface area contributed by atoms with E-state index in [1.54, 1.807) is 0 Å². The molecule has 1 aromatic heterocycles. The number of methoxy groups -OCH3 is 1. The number of carbonyl (C=O) groups excluding carboxylic acids is 1. The third-order valence-corrected chi connectivity index (χ3v) is 10.2. The molecule has 0 spiro atoms. The van der Waals surface area contributed by atoms with E-state index in [1.165, 1.54) is 18.2 Å². The van der Waals surface area contributed by atoms with Gasteiger partial charge < -0.3 is 9.84 Å². The number of allylic oxidation sites excluding steroid dienone is 1. The first-order chi connectivity index (χ1) is 20.6. The van der Waals surface area contributed by atoms with E-state index in [1.807, 2.05) is 62.0 Å². The van der Waals surface area contributed by atoms with Gasteiger partial charge in [-0.25, -0.2) is 0 Å². The van der Waals surface area contributed by atoms with Gasteiger partial charge in [-0.2, -0.15) is 11.8 Å². The topological polar surface area (TPSA) is 59.4 Å². The van der Waals surface area contributed by atoms with Crippen molar-refractivity contribution in [2.24, 2.45) is 5.41 Å². The molecule has 1 N–H and O–H groups in total. The molecule has 6 heteroatoms. The molecule has 224 valence electrons. The molecule has 0 aliphatic heterocycles. The monoisotopic (exact) mass is 613 g/mol. The number of aryl methyl sites for hydroxylation is 1. The summed E-state index contributed by atoms with van der Waals surface area (Å²) in [4.78, 5) is 16.9. The lowest BCUT2D eigenvalue weighted by Gasteiger charge is -2.24. The van der Waals surface area contributed by atoms with Crippen molar-refractivity contribution in [3.63, 3.8) is 0 Å². The average Bonchev–Trinajstić information content (AvgIpc) is 3.75. The molecule has 0 bridgehead atoms. The van der Waals surface area contributed by atoms with Crippen LogP contribution in [0.15, 0.2) is 84.9 Å². The van der Waals surface area contributed by atoms with Crippen molar-refractivity contribution in [1.82, 2.24) is 4.98 Å². The number of ether oxygens (including phenoxy) is 1. The summed E-state index contributed by atoms with van der Waals surface area (Å²) in [5.74, 6) is 0.808. The summed E-state index contributed by atoms with van der Waals surface area (Å²) < 4.78 is 4.99. The molecule has 43 heavy (non-hydrogen) atoms. The molecular formula is C37H40ClNO3S. The molecule has 1 saturated carbocycles. The van der Waals surface area contributed by atoms with Crippen LogP contribution in [0.5, 0.6) is 0 Å². The van der Waals surface area contributed by atoms with Crippen molar-refractivity contribution in [3.05, 3.63) is 118 Å². The molecule has 3 aromatic carbocycles. The molecule has 1 aliphatic rings. The Balaban J connectivity index is 1.32. The SMILES string of the molecule is COC(=O)CC1(CS[C@H](CCc2ccccc2C(C)(C)O)c2cccc(/C=C/Cc3ccc4ccc(Cl)cc4n3)c2)CC1. The van der Waals surface area contributed by atoms with Crippen LogP contribution in [0.2, 0.25) is 5.02 Å². The molecular weight excluding hydrogens is 574 g/mol. The number of carbonyl (C=O) groups is 1. The van der Waals surface area contributed by atoms with Gasteiger partial charge in [0.1, 0.15) is 0 Å². The molecule has 1 heterocycles. The molecule has 0 unspecified atom stereocenters. The molecule has 4 aromatic rings. The van der Waals surface area contributed by atoms with Gasteiger partial charge in [0.05, 0.1) is 24.6 Å². The summed E-state index contributed by atoms with van der Waals surface area (Å²) in [5.41, 5.74) is 5.65. The number of aromatic nitrogens is 1. The summed E-state index contributed by atoms with van der Waals surface area (Å²) in [5, 5.41) is 12.8. The molecule has 0 radical (unpaired) electrons. The second kappa shape index (κ2) is 13.7. The van der Waals surface area contributed by atoms with Crippen LogP contribution in [0.4, 0.5) is 0 Å². The van der Waals surface area contributed by atoms with Crippen LogP contribution < -0.4 is 0 Å². The van der Waals surface area contributed by atoms with E-state index in [-0.39, 0.29) is 16.6 Å². The largest absolute Gasteiger partial charge is 0.469 e. The second-order valence-electron chi connectivity index (χ2n) is 12.2. The maximum atomic E-state index is 12.1. The number of rotatable bonds is 13. The number of nitrogens with zero attached hydrogens (tertiary/aromatic N) is 1. The average molecular weight is 614 g/mol. The third kappa shape index (κ3) is 8.50. The number of benzene rings is 3. The molecule has 0 amide bonds. The summed E-state index contributed by atoms with van der Waals surface area (Å²) in [6.07, 6.45) is 9.48. The van der Waals surface area contributed by atoms with Crippen molar-refractivity contribution in [1.29, 1.82) is 0 Å². The highest BCUT2D eigenvalue weighted by atomic mass is 35.5. The van der Waals surface area contributed by atoms with Gasteiger partial charge in [-0.05, 0) is 85.4 Å². The standard InChI is InChI=1S/C37H40ClNO3S/c1-36(2,41)32-13-5-4-10-27(32)16-19-34(43-25-37(20-21-37)24-35(40)42-3)29-11-6-8-26(22-29)9-7-12-31-18-15-28-14-17-30(38)23-33(28)39-31/h4-11,13-15,17-18,22-23,34,41H,12,16,19-21,24-25H2,1-3H3/b9-7+/t34-/m1/s1. The summed E-state index contributed by atoms with van der Waals surface area (Å²) in [6.45, 7) is 3.69. The van der Waals surface area contributed by atoms with Crippen LogP contribution in [0.3, 0.4) is 0 Å². The quantitative estimate of drug-likeness (QED) is 0.152. The zero-order valence-corrected chi connectivity index (χ0v) is 26.8. The van der Waals surface area contributed by atoms with Crippen molar-refractivity contribution < 1.29 is 14.6 Å². The molecule has 1 fully saturated rings. The van der Waals surface area contributed by atoms with E-state index in [4.69, 9.17) is 21.3 Å². The highest BCUT2D eigenvalue weighted by Crippen LogP contribution is 2.53. The Kier molecular flexibility index (Phi) is 9.95. The van der Waals surface area contributed by atoms with Crippen LogP contribution in [0.1, 0.15) is 72.7 Å². The molecule has 1 atom stereocenters. The number of hydrogen-bond acceptors (Lipinski definition) is 5. The second-order valence-corrected chi connectivity index (χ2v) is 13.9. The minimum Gasteiger partial charge on any atom is -0.469 e. The van der Waals surface area contributed by atoms with Crippen LogP contribution in [0, 0.1) is 5.41 Å². The first kappa shape index (κ1) is 31.3. The fourth-order valence-corrected chi connectivity index (χ4v) is 7.33. The minimum atomic E-state index is -0.894. The Morgan fingerprint density at radius 3 is 2.65 bits per heavy atom. The number of thioether (sulfide) groups is 1. The number of pyridine rings is 1. The van der Waals surface area contributed by atoms with Gasteiger partial charge in [0.25, 0.3) is 0 Å². The summed E-state index contributed by atoms with van der Waals surface area (Å²) in [7, 11) is 1.47. The fourth-order valence-electron chi connectivity index (χ4n) is 5.60. The van der Waals surface area contributed by atoms with Crippen molar-refractivity contribution >= 4 is 46.3 Å². The van der Waals surface area contributed by atoms with Crippen molar-refractivity contribution in [2.45, 2.75) is 63.2 Å².